The smallest absolute Gasteiger partial charge is 0.236 e. The van der Waals surface area contributed by atoms with Gasteiger partial charge in [0.25, 0.3) is 0 Å². The van der Waals surface area contributed by atoms with E-state index in [1.807, 2.05) is 6.92 Å². The molecule has 15 heavy (non-hydrogen) atoms. The molecular formula is C11H23N3O. The number of carbonyl (C=O) groups is 1. The lowest BCUT2D eigenvalue weighted by Crippen LogP contribution is -2.46. The molecule has 1 aliphatic rings. The number of hydrogen-bond donors (Lipinski definition) is 2. The highest BCUT2D eigenvalue weighted by atomic mass is 16.2. The second kappa shape index (κ2) is 5.47. The van der Waals surface area contributed by atoms with E-state index in [0.717, 1.165) is 6.04 Å². The molecule has 1 aliphatic carbocycles. The average Bonchev–Trinajstić information content (AvgIpc) is 3.06. The van der Waals surface area contributed by atoms with Crippen LogP contribution in [0.2, 0.25) is 0 Å². The summed E-state index contributed by atoms with van der Waals surface area (Å²) in [6.07, 6.45) is 3.28. The zero-order valence-corrected chi connectivity index (χ0v) is 9.99. The van der Waals surface area contributed by atoms with Crippen LogP contribution in [0.3, 0.4) is 0 Å². The number of amides is 1. The number of nitrogens with one attached hydrogen (secondary N) is 1. The van der Waals surface area contributed by atoms with Crippen molar-refractivity contribution in [1.82, 2.24) is 10.2 Å². The average molecular weight is 213 g/mol. The highest BCUT2D eigenvalue weighted by molar-refractivity contribution is 5.81. The number of carbonyl (C=O) groups excluding carboxylic acids is 1. The largest absolute Gasteiger partial charge is 0.353 e. The number of rotatable bonds is 6. The summed E-state index contributed by atoms with van der Waals surface area (Å²) in [7, 11) is 2.12. The molecule has 88 valence electrons. The van der Waals surface area contributed by atoms with Crippen LogP contribution in [0.4, 0.5) is 0 Å². The maximum atomic E-state index is 11.4. The van der Waals surface area contributed by atoms with Gasteiger partial charge in [-0.15, -0.1) is 0 Å². The zero-order valence-electron chi connectivity index (χ0n) is 9.99. The minimum absolute atomic E-state index is 0.0338. The minimum Gasteiger partial charge on any atom is -0.353 e. The maximum absolute atomic E-state index is 11.4. The summed E-state index contributed by atoms with van der Waals surface area (Å²) >= 11 is 0. The zero-order chi connectivity index (χ0) is 11.4. The van der Waals surface area contributed by atoms with Crippen molar-refractivity contribution in [2.24, 2.45) is 5.73 Å². The predicted octanol–water partition coefficient (Wildman–Crippen LogP) is 0.323. The Bertz CT molecular complexity index is 216. The SMILES string of the molecule is CC[C@@H](N)C(=O)NCC(C)N(C)C1CC1. The van der Waals surface area contributed by atoms with Gasteiger partial charge in [0.15, 0.2) is 0 Å². The Kier molecular flexibility index (Phi) is 4.54. The Morgan fingerprint density at radius 3 is 2.67 bits per heavy atom. The first-order chi connectivity index (χ1) is 7.06. The van der Waals surface area contributed by atoms with Crippen molar-refractivity contribution in [3.8, 4) is 0 Å². The minimum atomic E-state index is -0.358. The molecule has 0 saturated heterocycles. The fourth-order valence-electron chi connectivity index (χ4n) is 1.55. The van der Waals surface area contributed by atoms with Gasteiger partial charge in [-0.05, 0) is 33.2 Å². The molecule has 4 heteroatoms. The van der Waals surface area contributed by atoms with Gasteiger partial charge in [-0.3, -0.25) is 9.69 Å². The van der Waals surface area contributed by atoms with Gasteiger partial charge in [0.1, 0.15) is 0 Å². The Hall–Kier alpha value is -0.610. The first kappa shape index (κ1) is 12.5. The molecule has 0 aromatic carbocycles. The second-order valence-corrected chi connectivity index (χ2v) is 4.51. The van der Waals surface area contributed by atoms with Crippen LogP contribution in [0.5, 0.6) is 0 Å². The van der Waals surface area contributed by atoms with E-state index in [1.54, 1.807) is 0 Å². The molecule has 0 heterocycles. The molecule has 1 rings (SSSR count). The third kappa shape index (κ3) is 3.80. The number of likely N-dealkylation sites (N-methyl/N-ethyl adjacent to an activating group) is 1. The molecule has 0 radical (unpaired) electrons. The van der Waals surface area contributed by atoms with Crippen LogP contribution in [0, 0.1) is 0 Å². The van der Waals surface area contributed by atoms with Gasteiger partial charge in [0, 0.05) is 18.6 Å². The molecule has 0 aliphatic heterocycles. The van der Waals surface area contributed by atoms with E-state index in [2.05, 4.69) is 24.2 Å². The quantitative estimate of drug-likeness (QED) is 0.668. The number of nitrogens with two attached hydrogens (primary N) is 1. The van der Waals surface area contributed by atoms with Crippen LogP contribution >= 0.6 is 0 Å². The molecule has 4 nitrogen and oxygen atoms in total. The van der Waals surface area contributed by atoms with Gasteiger partial charge in [-0.2, -0.15) is 0 Å². The van der Waals surface area contributed by atoms with Crippen molar-refractivity contribution < 1.29 is 4.79 Å². The molecule has 0 bridgehead atoms. The van der Waals surface area contributed by atoms with Gasteiger partial charge in [-0.1, -0.05) is 6.92 Å². The first-order valence-electron chi connectivity index (χ1n) is 5.81. The molecule has 1 amide bonds. The van der Waals surface area contributed by atoms with Gasteiger partial charge in [-0.25, -0.2) is 0 Å². The van der Waals surface area contributed by atoms with Crippen LogP contribution in [0.15, 0.2) is 0 Å². The molecular weight excluding hydrogens is 190 g/mol. The molecule has 1 fully saturated rings. The van der Waals surface area contributed by atoms with Gasteiger partial charge in [0.2, 0.25) is 5.91 Å². The van der Waals surface area contributed by atoms with Crippen molar-refractivity contribution in [2.45, 2.75) is 51.2 Å². The van der Waals surface area contributed by atoms with Crippen molar-refractivity contribution >= 4 is 5.91 Å². The van der Waals surface area contributed by atoms with E-state index in [1.165, 1.54) is 12.8 Å². The lowest BCUT2D eigenvalue weighted by molar-refractivity contribution is -0.122. The van der Waals surface area contributed by atoms with Gasteiger partial charge >= 0.3 is 0 Å². The third-order valence-corrected chi connectivity index (χ3v) is 3.17. The lowest BCUT2D eigenvalue weighted by atomic mass is 10.2. The fourth-order valence-corrected chi connectivity index (χ4v) is 1.55. The predicted molar refractivity (Wildman–Crippen MR) is 61.5 cm³/mol. The van der Waals surface area contributed by atoms with Crippen molar-refractivity contribution in [3.05, 3.63) is 0 Å². The number of nitrogens with zero attached hydrogens (tertiary/aromatic N) is 1. The molecule has 0 aromatic rings. The van der Waals surface area contributed by atoms with E-state index in [0.29, 0.717) is 19.0 Å². The van der Waals surface area contributed by atoms with Crippen LogP contribution in [0.25, 0.3) is 0 Å². The monoisotopic (exact) mass is 213 g/mol. The number of hydrogen-bond acceptors (Lipinski definition) is 3. The molecule has 0 aromatic heterocycles. The standard InChI is InChI=1S/C11H23N3O/c1-4-10(12)11(15)13-7-8(2)14(3)9-5-6-9/h8-10H,4-7,12H2,1-3H3,(H,13,15)/t8?,10-/m1/s1. The molecule has 2 atom stereocenters. The first-order valence-corrected chi connectivity index (χ1v) is 5.81. The molecule has 3 N–H and O–H groups in total. The van der Waals surface area contributed by atoms with Gasteiger partial charge < -0.3 is 11.1 Å². The summed E-state index contributed by atoms with van der Waals surface area (Å²) in [5, 5.41) is 2.89. The lowest BCUT2D eigenvalue weighted by Gasteiger charge is -2.25. The highest BCUT2D eigenvalue weighted by Gasteiger charge is 2.29. The Labute approximate surface area is 92.2 Å². The van der Waals surface area contributed by atoms with Crippen LogP contribution in [-0.4, -0.2) is 42.5 Å². The molecule has 1 unspecified atom stereocenters. The summed E-state index contributed by atoms with van der Waals surface area (Å²) in [5.41, 5.74) is 5.63. The van der Waals surface area contributed by atoms with E-state index in [-0.39, 0.29) is 11.9 Å². The van der Waals surface area contributed by atoms with Crippen molar-refractivity contribution in [2.75, 3.05) is 13.6 Å². The van der Waals surface area contributed by atoms with E-state index in [9.17, 15) is 4.79 Å². The summed E-state index contributed by atoms with van der Waals surface area (Å²) in [5.74, 6) is -0.0338. The Morgan fingerprint density at radius 1 is 1.60 bits per heavy atom. The van der Waals surface area contributed by atoms with E-state index >= 15 is 0 Å². The maximum Gasteiger partial charge on any atom is 0.236 e. The van der Waals surface area contributed by atoms with Gasteiger partial charge in [0.05, 0.1) is 6.04 Å². The Balaban J connectivity index is 2.20. The van der Waals surface area contributed by atoms with Crippen LogP contribution in [0.1, 0.15) is 33.1 Å². The summed E-state index contributed by atoms with van der Waals surface area (Å²) < 4.78 is 0. The van der Waals surface area contributed by atoms with E-state index in [4.69, 9.17) is 5.73 Å². The highest BCUT2D eigenvalue weighted by Crippen LogP contribution is 2.26. The topological polar surface area (TPSA) is 58.4 Å². The van der Waals surface area contributed by atoms with Crippen LogP contribution < -0.4 is 11.1 Å². The Morgan fingerprint density at radius 2 is 2.20 bits per heavy atom. The van der Waals surface area contributed by atoms with E-state index < -0.39 is 0 Å². The van der Waals surface area contributed by atoms with Crippen LogP contribution in [-0.2, 0) is 4.79 Å². The molecule has 0 spiro atoms. The molecule has 1 saturated carbocycles. The second-order valence-electron chi connectivity index (χ2n) is 4.51. The van der Waals surface area contributed by atoms with Crippen molar-refractivity contribution in [1.29, 1.82) is 0 Å². The normalized spacial score (nSPS) is 20.1. The summed E-state index contributed by atoms with van der Waals surface area (Å²) in [6, 6.07) is 0.769. The summed E-state index contributed by atoms with van der Waals surface area (Å²) in [6.45, 7) is 4.75. The fraction of sp³-hybridized carbons (Fsp3) is 0.909. The third-order valence-electron chi connectivity index (χ3n) is 3.17. The van der Waals surface area contributed by atoms with Crippen molar-refractivity contribution in [3.63, 3.8) is 0 Å². The summed E-state index contributed by atoms with van der Waals surface area (Å²) in [4.78, 5) is 13.8.